The summed E-state index contributed by atoms with van der Waals surface area (Å²) in [7, 11) is 3.56. The van der Waals surface area contributed by atoms with Crippen LogP contribution in [0.25, 0.3) is 0 Å². The third-order valence-electron chi connectivity index (χ3n) is 4.74. The molecule has 26 heavy (non-hydrogen) atoms. The molecule has 0 unspecified atom stereocenters. The molecule has 0 bridgehead atoms. The normalized spacial score (nSPS) is 15.9. The second-order valence-corrected chi connectivity index (χ2v) is 7.41. The molecule has 1 aromatic carbocycles. The van der Waals surface area contributed by atoms with Crippen molar-refractivity contribution in [2.45, 2.75) is 32.0 Å². The molecule has 2 aromatic rings. The van der Waals surface area contributed by atoms with Gasteiger partial charge in [0, 0.05) is 39.8 Å². The number of hydrogen-bond acceptors (Lipinski definition) is 4. The molecule has 1 aromatic heterocycles. The molecule has 1 aliphatic heterocycles. The topological polar surface area (TPSA) is 48.9 Å². The van der Waals surface area contributed by atoms with Gasteiger partial charge in [0.25, 0.3) is 0 Å². The number of nitrogens with one attached hydrogen (secondary N) is 2. The van der Waals surface area contributed by atoms with Crippen LogP contribution in [0.2, 0.25) is 0 Å². The Hall–Kier alpha value is -2.05. The first-order chi connectivity index (χ1) is 12.8. The van der Waals surface area contributed by atoms with Gasteiger partial charge in [-0.25, -0.2) is 0 Å². The van der Waals surface area contributed by atoms with Crippen LogP contribution in [-0.2, 0) is 17.9 Å². The maximum Gasteiger partial charge on any atom is 0.191 e. The summed E-state index contributed by atoms with van der Waals surface area (Å²) < 4.78 is 5.29. The number of thiophene rings is 1. The van der Waals surface area contributed by atoms with Gasteiger partial charge < -0.3 is 20.3 Å². The number of guanidine groups is 1. The Morgan fingerprint density at radius 1 is 1.19 bits per heavy atom. The molecule has 0 radical (unpaired) electrons. The van der Waals surface area contributed by atoms with E-state index in [1.54, 1.807) is 7.11 Å². The Balaban J connectivity index is 1.48. The number of nitrogens with zero attached hydrogens (tertiary/aromatic N) is 2. The first-order valence-corrected chi connectivity index (χ1v) is 9.99. The average Bonchev–Trinajstić information content (AvgIpc) is 3.22. The largest absolute Gasteiger partial charge is 0.380 e. The third kappa shape index (κ3) is 4.99. The number of methoxy groups -OCH3 is 1. The van der Waals surface area contributed by atoms with Crippen molar-refractivity contribution in [3.8, 4) is 0 Å². The van der Waals surface area contributed by atoms with E-state index in [-0.39, 0.29) is 0 Å². The molecule has 5 nitrogen and oxygen atoms in total. The van der Waals surface area contributed by atoms with E-state index < -0.39 is 0 Å². The van der Waals surface area contributed by atoms with Crippen molar-refractivity contribution in [2.75, 3.05) is 32.1 Å². The first-order valence-electron chi connectivity index (χ1n) is 9.11. The molecule has 6 heteroatoms. The number of hydrogen-bond donors (Lipinski definition) is 2. The van der Waals surface area contributed by atoms with Gasteiger partial charge in [-0.05, 0) is 41.5 Å². The maximum absolute atomic E-state index is 5.29. The van der Waals surface area contributed by atoms with Crippen molar-refractivity contribution in [3.63, 3.8) is 0 Å². The number of ether oxygens (including phenoxy) is 1. The van der Waals surface area contributed by atoms with Crippen molar-refractivity contribution in [3.05, 3.63) is 52.9 Å². The summed E-state index contributed by atoms with van der Waals surface area (Å²) in [6.07, 6.45) is 2.25. The minimum atomic E-state index is 0.464. The summed E-state index contributed by atoms with van der Waals surface area (Å²) in [5.74, 6) is 0.867. The van der Waals surface area contributed by atoms with Gasteiger partial charge in [-0.15, -0.1) is 11.3 Å². The van der Waals surface area contributed by atoms with Crippen molar-refractivity contribution < 1.29 is 4.74 Å². The van der Waals surface area contributed by atoms with Crippen LogP contribution in [-0.4, -0.2) is 39.2 Å². The second kappa shape index (κ2) is 9.59. The molecule has 2 N–H and O–H groups in total. The van der Waals surface area contributed by atoms with Gasteiger partial charge in [0.2, 0.25) is 0 Å². The van der Waals surface area contributed by atoms with Gasteiger partial charge in [0.15, 0.2) is 5.96 Å². The van der Waals surface area contributed by atoms with Crippen LogP contribution in [0.15, 0.2) is 46.8 Å². The van der Waals surface area contributed by atoms with Gasteiger partial charge in [-0.3, -0.25) is 4.99 Å². The third-order valence-corrected chi connectivity index (χ3v) is 5.67. The molecule has 140 valence electrons. The molecule has 0 spiro atoms. The highest BCUT2D eigenvalue weighted by Crippen LogP contribution is 2.24. The van der Waals surface area contributed by atoms with Gasteiger partial charge in [0.05, 0.1) is 11.6 Å². The van der Waals surface area contributed by atoms with Gasteiger partial charge in [-0.1, -0.05) is 24.3 Å². The van der Waals surface area contributed by atoms with Crippen LogP contribution in [0.5, 0.6) is 0 Å². The molecule has 0 saturated carbocycles. The predicted molar refractivity (Wildman–Crippen MR) is 110 cm³/mol. The number of piperidine rings is 1. The van der Waals surface area contributed by atoms with Crippen LogP contribution >= 0.6 is 11.3 Å². The highest BCUT2D eigenvalue weighted by molar-refractivity contribution is 7.14. The lowest BCUT2D eigenvalue weighted by Crippen LogP contribution is -2.48. The zero-order valence-electron chi connectivity index (χ0n) is 15.6. The maximum atomic E-state index is 5.29. The Morgan fingerprint density at radius 2 is 1.96 bits per heavy atom. The van der Waals surface area contributed by atoms with Crippen molar-refractivity contribution in [1.29, 1.82) is 0 Å². The summed E-state index contributed by atoms with van der Waals surface area (Å²) in [6, 6.07) is 13.1. The zero-order chi connectivity index (χ0) is 18.2. The Labute approximate surface area is 160 Å². The number of anilines is 1. The van der Waals surface area contributed by atoms with E-state index in [1.807, 2.05) is 24.5 Å². The summed E-state index contributed by atoms with van der Waals surface area (Å²) >= 11 is 1.82. The van der Waals surface area contributed by atoms with E-state index in [4.69, 9.17) is 4.74 Å². The summed E-state index contributed by atoms with van der Waals surface area (Å²) in [5, 5.41) is 10.5. The predicted octanol–water partition coefficient (Wildman–Crippen LogP) is 3.23. The molecular formula is C20H28N4OS. The smallest absolute Gasteiger partial charge is 0.191 e. The fourth-order valence-electron chi connectivity index (χ4n) is 3.29. The van der Waals surface area contributed by atoms with E-state index in [1.165, 1.54) is 16.1 Å². The number of aliphatic imine (C=N–C) groups is 1. The summed E-state index contributed by atoms with van der Waals surface area (Å²) in [5.41, 5.74) is 2.45. The SMILES string of the molecule is CN=C(NCc1ccccc1COC)NC1CCN(c2cccs2)CC1. The van der Waals surface area contributed by atoms with Gasteiger partial charge in [-0.2, -0.15) is 0 Å². The zero-order valence-corrected chi connectivity index (χ0v) is 16.4. The lowest BCUT2D eigenvalue weighted by atomic mass is 10.1. The van der Waals surface area contributed by atoms with Crippen molar-refractivity contribution >= 4 is 22.3 Å². The molecule has 1 aliphatic rings. The molecule has 1 saturated heterocycles. The monoisotopic (exact) mass is 372 g/mol. The van der Waals surface area contributed by atoms with Crippen LogP contribution in [0.3, 0.4) is 0 Å². The van der Waals surface area contributed by atoms with E-state index in [0.717, 1.165) is 38.4 Å². The molecule has 2 heterocycles. The Kier molecular flexibility index (Phi) is 6.91. The van der Waals surface area contributed by atoms with Crippen LogP contribution < -0.4 is 15.5 Å². The van der Waals surface area contributed by atoms with Crippen molar-refractivity contribution in [1.82, 2.24) is 10.6 Å². The van der Waals surface area contributed by atoms with Gasteiger partial charge in [0.1, 0.15) is 0 Å². The highest BCUT2D eigenvalue weighted by atomic mass is 32.1. The average molecular weight is 373 g/mol. The molecule has 3 rings (SSSR count). The second-order valence-electron chi connectivity index (χ2n) is 6.48. The minimum absolute atomic E-state index is 0.464. The lowest BCUT2D eigenvalue weighted by Gasteiger charge is -2.33. The lowest BCUT2D eigenvalue weighted by molar-refractivity contribution is 0.184. The van der Waals surface area contributed by atoms with Crippen molar-refractivity contribution in [2.24, 2.45) is 4.99 Å². The number of rotatable bonds is 6. The van der Waals surface area contributed by atoms with E-state index >= 15 is 0 Å². The van der Waals surface area contributed by atoms with E-state index in [2.05, 4.69) is 56.2 Å². The Bertz CT molecular complexity index is 694. The fourth-order valence-corrected chi connectivity index (χ4v) is 4.07. The first kappa shape index (κ1) is 18.7. The quantitative estimate of drug-likeness (QED) is 0.604. The van der Waals surface area contributed by atoms with Crippen LogP contribution in [0.4, 0.5) is 5.00 Å². The standard InChI is InChI=1S/C20H28N4OS/c1-21-20(22-14-16-6-3-4-7-17(16)15-25-2)23-18-9-11-24(12-10-18)19-8-5-13-26-19/h3-8,13,18H,9-12,14-15H2,1-2H3,(H2,21,22,23). The summed E-state index contributed by atoms with van der Waals surface area (Å²) in [6.45, 7) is 3.55. The van der Waals surface area contributed by atoms with Crippen LogP contribution in [0.1, 0.15) is 24.0 Å². The highest BCUT2D eigenvalue weighted by Gasteiger charge is 2.20. The molecular weight excluding hydrogens is 344 g/mol. The fraction of sp³-hybridized carbons (Fsp3) is 0.450. The Morgan fingerprint density at radius 3 is 2.62 bits per heavy atom. The van der Waals surface area contributed by atoms with E-state index in [9.17, 15) is 0 Å². The molecule has 0 aliphatic carbocycles. The molecule has 1 fully saturated rings. The molecule has 0 atom stereocenters. The van der Waals surface area contributed by atoms with Gasteiger partial charge >= 0.3 is 0 Å². The van der Waals surface area contributed by atoms with E-state index in [0.29, 0.717) is 12.6 Å². The minimum Gasteiger partial charge on any atom is -0.380 e. The summed E-state index contributed by atoms with van der Waals surface area (Å²) in [4.78, 5) is 6.87. The molecule has 0 amide bonds. The van der Waals surface area contributed by atoms with Crippen LogP contribution in [0, 0.1) is 0 Å². The number of benzene rings is 1.